The molecule has 704 valence electrons. The predicted molar refractivity (Wildman–Crippen MR) is 497 cm³/mol. The Morgan fingerprint density at radius 1 is 0.388 bits per heavy atom. The summed E-state index contributed by atoms with van der Waals surface area (Å²) >= 11 is 0. The number of nitrogens with zero attached hydrogens (tertiary/aromatic N) is 4. The summed E-state index contributed by atoms with van der Waals surface area (Å²) in [5, 5.41) is 51.3. The molecule has 4 heterocycles. The first-order valence-corrected chi connectivity index (χ1v) is 46.1. The number of carbonyl (C=O) groups is 5. The predicted octanol–water partition coefficient (Wildman–Crippen LogP) is 17.1. The number of ether oxygens (including phenoxy) is 11. The lowest BCUT2D eigenvalue weighted by atomic mass is 9.72. The lowest BCUT2D eigenvalue weighted by Gasteiger charge is -2.34. The summed E-state index contributed by atoms with van der Waals surface area (Å²) in [6, 6.07) is 54.5. The van der Waals surface area contributed by atoms with Gasteiger partial charge in [0.05, 0.1) is 98.9 Å². The third-order valence-corrected chi connectivity index (χ3v) is 28.0. The summed E-state index contributed by atoms with van der Waals surface area (Å²) in [6.45, 7) is 22.4. The minimum absolute atomic E-state index is 0.0225. The molecular formula is C104H142N4O21. The molecule has 6 aliphatic rings. The number of aryl methyl sites for hydroxylation is 2. The fraction of sp³-hybridized carbons (Fsp3) is 0.548. The maximum Gasteiger partial charge on any atom is 0.409 e. The first-order valence-electron chi connectivity index (χ1n) is 46.1. The van der Waals surface area contributed by atoms with Crippen molar-refractivity contribution in [1.29, 1.82) is 0 Å². The van der Waals surface area contributed by atoms with E-state index in [1.54, 1.807) is 59.0 Å². The summed E-state index contributed by atoms with van der Waals surface area (Å²) < 4.78 is 62.2. The van der Waals surface area contributed by atoms with E-state index >= 15 is 0 Å². The van der Waals surface area contributed by atoms with Crippen LogP contribution in [0.4, 0.5) is 9.59 Å². The van der Waals surface area contributed by atoms with Gasteiger partial charge in [-0.1, -0.05) is 143 Å². The normalized spacial score (nSPS) is 23.1. The van der Waals surface area contributed by atoms with Crippen LogP contribution in [0.3, 0.4) is 0 Å². The van der Waals surface area contributed by atoms with Gasteiger partial charge in [-0.25, -0.2) is 14.4 Å². The number of carbonyl (C=O) groups excluding carboxylic acids is 4. The molecule has 4 aliphatic heterocycles. The van der Waals surface area contributed by atoms with Crippen molar-refractivity contribution in [2.75, 3.05) is 121 Å². The van der Waals surface area contributed by atoms with Gasteiger partial charge < -0.3 is 97.2 Å². The molecule has 0 spiro atoms. The van der Waals surface area contributed by atoms with E-state index in [-0.39, 0.29) is 65.9 Å². The minimum atomic E-state index is -1.40. The molecule has 5 N–H and O–H groups in total. The van der Waals surface area contributed by atoms with Gasteiger partial charge in [0.15, 0.2) is 46.0 Å². The quantitative estimate of drug-likeness (QED) is 0.0105. The number of hydrogen-bond acceptors (Lipinski definition) is 22. The number of amides is 2. The second kappa shape index (κ2) is 48.1. The van der Waals surface area contributed by atoms with E-state index < -0.39 is 52.4 Å². The molecule has 0 aromatic heterocycles. The third kappa shape index (κ3) is 26.8. The first-order chi connectivity index (χ1) is 61.9. The number of rotatable bonds is 37. The zero-order valence-corrected chi connectivity index (χ0v) is 78.4. The van der Waals surface area contributed by atoms with Gasteiger partial charge in [-0.15, -0.1) is 0 Å². The van der Waals surface area contributed by atoms with Crippen molar-refractivity contribution in [2.45, 2.75) is 225 Å². The van der Waals surface area contributed by atoms with Gasteiger partial charge in [-0.3, -0.25) is 9.59 Å². The van der Waals surface area contributed by atoms with Gasteiger partial charge in [0.1, 0.15) is 6.61 Å². The van der Waals surface area contributed by atoms with Crippen molar-refractivity contribution < 1.29 is 102 Å². The number of methoxy groups -OCH3 is 6. The Bertz CT molecular complexity index is 4530. The monoisotopic (exact) mass is 1780 g/mol. The number of aliphatic carboxylic acids is 1. The van der Waals surface area contributed by atoms with E-state index in [0.29, 0.717) is 114 Å². The number of unbranched alkanes of at least 4 members (excludes halogenated alkanes) is 2. The van der Waals surface area contributed by atoms with Crippen LogP contribution in [-0.2, 0) is 48.0 Å². The van der Waals surface area contributed by atoms with Crippen molar-refractivity contribution in [3.63, 3.8) is 0 Å². The number of Topliss-reactive ketones (excluding diaryl/α,β-unsaturated/α-hetero) is 1. The number of aliphatic hydroxyl groups is 4. The van der Waals surface area contributed by atoms with Crippen LogP contribution >= 0.6 is 0 Å². The summed E-state index contributed by atoms with van der Waals surface area (Å²) in [7, 11) is 9.33. The van der Waals surface area contributed by atoms with Crippen molar-refractivity contribution in [3.05, 3.63) is 203 Å². The standard InChI is InChI=1S/C29H39NO5.2C26H35NO5.C23H33NO6/c1-21(31)29(2)20-30(16-15-28(32)34-19-22-9-5-4-6-10-22)18-25(29)23-13-14-26(33-3)27(17-23)35-24-11-7-8-12-24;2*1-19(28)26(2)18-27(25(29)31-4)17-22(26)21-13-14-23(30-3)24(16-21)32-15-9-8-12-20-10-6-5-7-11-20;1-15(25)23(2)14-24(11-10-19(26)22(27)28)13-18(23)16-8-9-20(29-3)21(12-16)30-17-6-4-5-7-17/h4-6,9-10,13-14,17,21,24-25,31H,7-8,11-12,15-16,18-20H2,1-3H3;2*5-7,10-11,13-14,16,19,22,28H,8-9,12,15,17-18H2,1-4H3;8-9,12,15,17-18,25H,4-7,10-11,13-14H2,1-3H3,(H,27,28)/t21?,25-,29-;19-,22+,26+;19-,22-,26-;15-,18+,23+/m0101/s1. The van der Waals surface area contributed by atoms with Crippen LogP contribution in [0.1, 0.15) is 208 Å². The Morgan fingerprint density at radius 3 is 1.04 bits per heavy atom. The maximum absolute atomic E-state index is 12.4. The molecule has 6 fully saturated rings. The Balaban J connectivity index is 0.000000179. The zero-order valence-electron chi connectivity index (χ0n) is 78.4. The third-order valence-electron chi connectivity index (χ3n) is 28.0. The van der Waals surface area contributed by atoms with Crippen molar-refractivity contribution in [2.24, 2.45) is 21.7 Å². The van der Waals surface area contributed by atoms with E-state index in [9.17, 15) is 44.4 Å². The number of benzene rings is 7. The molecule has 0 radical (unpaired) electrons. The molecular weight excluding hydrogens is 1640 g/mol. The van der Waals surface area contributed by atoms with Crippen molar-refractivity contribution in [1.82, 2.24) is 19.6 Å². The van der Waals surface area contributed by atoms with Crippen LogP contribution in [0.15, 0.2) is 164 Å². The van der Waals surface area contributed by atoms with E-state index in [1.807, 2.05) is 131 Å². The molecule has 7 aromatic carbocycles. The largest absolute Gasteiger partial charge is 0.493 e. The highest BCUT2D eigenvalue weighted by Gasteiger charge is 2.52. The minimum Gasteiger partial charge on any atom is -0.493 e. The highest BCUT2D eigenvalue weighted by molar-refractivity contribution is 6.32. The summed E-state index contributed by atoms with van der Waals surface area (Å²) in [6.07, 6.45) is 12.8. The summed E-state index contributed by atoms with van der Waals surface area (Å²) in [4.78, 5) is 66.7. The van der Waals surface area contributed by atoms with Gasteiger partial charge in [-0.2, -0.15) is 0 Å². The molecule has 129 heavy (non-hydrogen) atoms. The highest BCUT2D eigenvalue weighted by atomic mass is 16.6. The molecule has 2 aliphatic carbocycles. The lowest BCUT2D eigenvalue weighted by molar-refractivity contribution is -0.149. The van der Waals surface area contributed by atoms with Gasteiger partial charge in [0.2, 0.25) is 5.78 Å². The maximum atomic E-state index is 12.4. The molecule has 13 rings (SSSR count). The topological polar surface area (TPSA) is 301 Å². The molecule has 12 atom stereocenters. The average molecular weight is 1780 g/mol. The fourth-order valence-electron chi connectivity index (χ4n) is 19.2. The number of carboxylic acid groups (broad SMARTS) is 1. The fourth-order valence-corrected chi connectivity index (χ4v) is 19.2. The number of likely N-dealkylation sites (tertiary alicyclic amines) is 4. The Morgan fingerprint density at radius 2 is 0.705 bits per heavy atom. The molecule has 25 heteroatoms. The SMILES string of the molecule is COC(=O)N1C[C@@H](c2ccc(OC)c(OCCCCc3ccccc3)c2)[C@](C)([C@@H](C)O)C1.COC(=O)N1C[C@@H](c2ccc(OC)c(OCCCCc3ccccc3)c2)[C@](C)([C@H](C)O)C1.COc1ccc([C@@H]2CN(CCC(=O)C(=O)O)C[C@@]2(C)[C@@H](C)O)cc1OC1CCCC1.COc1ccc([C@@H]2CN(CCC(=O)OCc3ccccc3)C[C@@]2(C)C(C)O)cc1OC1CCCC1. The highest BCUT2D eigenvalue weighted by Crippen LogP contribution is 2.52. The van der Waals surface area contributed by atoms with E-state index in [2.05, 4.69) is 77.4 Å². The van der Waals surface area contributed by atoms with Crippen LogP contribution in [0.25, 0.3) is 0 Å². The van der Waals surface area contributed by atoms with Crippen molar-refractivity contribution >= 4 is 29.9 Å². The number of carboxylic acids is 1. The number of ketones is 1. The lowest BCUT2D eigenvalue weighted by Crippen LogP contribution is -2.38. The van der Waals surface area contributed by atoms with Gasteiger partial charge in [0, 0.05) is 117 Å². The Labute approximate surface area is 763 Å². The number of esters is 1. The second-order valence-corrected chi connectivity index (χ2v) is 36.8. The smallest absolute Gasteiger partial charge is 0.409 e. The molecule has 7 aromatic rings. The van der Waals surface area contributed by atoms with Crippen LogP contribution in [0.2, 0.25) is 0 Å². The molecule has 2 amide bonds. The molecule has 1 unspecified atom stereocenters. The summed E-state index contributed by atoms with van der Waals surface area (Å²) in [5.74, 6) is 3.35. The zero-order chi connectivity index (χ0) is 93.0. The van der Waals surface area contributed by atoms with E-state index in [4.69, 9.17) is 57.2 Å². The van der Waals surface area contributed by atoms with Gasteiger partial charge in [0.25, 0.3) is 0 Å². The number of hydrogen-bond donors (Lipinski definition) is 5. The summed E-state index contributed by atoms with van der Waals surface area (Å²) in [5.41, 5.74) is 6.13. The molecule has 2 saturated carbocycles. The van der Waals surface area contributed by atoms with Crippen LogP contribution in [0.5, 0.6) is 46.0 Å². The van der Waals surface area contributed by atoms with E-state index in [0.717, 1.165) is 116 Å². The number of aliphatic hydroxyl groups excluding tert-OH is 4. The van der Waals surface area contributed by atoms with Crippen LogP contribution in [0, 0.1) is 21.7 Å². The Kier molecular flexibility index (Phi) is 37.7. The second-order valence-electron chi connectivity index (χ2n) is 36.8. The average Bonchev–Trinajstić information content (AvgIpc) is 1.62. The molecule has 0 bridgehead atoms. The molecule has 25 nitrogen and oxygen atoms in total. The van der Waals surface area contributed by atoms with Gasteiger partial charge in [-0.05, 0) is 205 Å². The van der Waals surface area contributed by atoms with Gasteiger partial charge >= 0.3 is 24.1 Å². The first kappa shape index (κ1) is 101. The molecule has 4 saturated heterocycles. The van der Waals surface area contributed by atoms with Crippen LogP contribution < -0.4 is 37.9 Å². The van der Waals surface area contributed by atoms with Crippen molar-refractivity contribution in [3.8, 4) is 46.0 Å². The van der Waals surface area contributed by atoms with E-state index in [1.165, 1.54) is 51.0 Å². The van der Waals surface area contributed by atoms with Crippen LogP contribution in [-0.4, -0.2) is 233 Å². The Hall–Kier alpha value is -10.2.